The van der Waals surface area contributed by atoms with Gasteiger partial charge in [-0.15, -0.1) is 24.0 Å². The summed E-state index contributed by atoms with van der Waals surface area (Å²) in [7, 11) is 0. The van der Waals surface area contributed by atoms with Gasteiger partial charge in [0, 0.05) is 19.6 Å². The molecule has 1 heterocycles. The molecule has 0 aliphatic carbocycles. The Hall–Kier alpha value is -1.83. The van der Waals surface area contributed by atoms with Crippen LogP contribution in [0, 0.1) is 5.82 Å². The van der Waals surface area contributed by atoms with Crippen molar-refractivity contribution in [2.24, 2.45) is 4.99 Å². The summed E-state index contributed by atoms with van der Waals surface area (Å²) in [6, 6.07) is 14.3. The molecule has 0 atom stereocenters. The molecule has 3 rings (SSSR count). The van der Waals surface area contributed by atoms with Crippen molar-refractivity contribution >= 4 is 29.9 Å². The quantitative estimate of drug-likeness (QED) is 0.696. The fraction of sp³-hybridized carbons (Fsp3) is 0.278. The molecule has 1 aliphatic rings. The maximum Gasteiger partial charge on any atom is 0.191 e. The molecule has 0 aromatic heterocycles. The van der Waals surface area contributed by atoms with Crippen LogP contribution in [0.3, 0.4) is 0 Å². The van der Waals surface area contributed by atoms with Crippen molar-refractivity contribution in [1.82, 2.24) is 10.6 Å². The van der Waals surface area contributed by atoms with E-state index >= 15 is 0 Å². The Balaban J connectivity index is 0.00000208. The second-order valence-electron chi connectivity index (χ2n) is 5.37. The molecule has 0 radical (unpaired) electrons. The number of ether oxygens (including phenoxy) is 1. The van der Waals surface area contributed by atoms with E-state index in [4.69, 9.17) is 4.74 Å². The van der Waals surface area contributed by atoms with Gasteiger partial charge in [0.1, 0.15) is 5.75 Å². The highest BCUT2D eigenvalue weighted by molar-refractivity contribution is 14.0. The van der Waals surface area contributed by atoms with Crippen molar-refractivity contribution in [2.45, 2.75) is 12.8 Å². The van der Waals surface area contributed by atoms with Gasteiger partial charge in [-0.3, -0.25) is 4.99 Å². The predicted molar refractivity (Wildman–Crippen MR) is 105 cm³/mol. The van der Waals surface area contributed by atoms with Crippen LogP contribution in [-0.4, -0.2) is 25.6 Å². The Morgan fingerprint density at radius 3 is 2.71 bits per heavy atom. The number of benzene rings is 2. The summed E-state index contributed by atoms with van der Waals surface area (Å²) in [5, 5.41) is 6.43. The topological polar surface area (TPSA) is 45.7 Å². The number of guanidine groups is 1. The summed E-state index contributed by atoms with van der Waals surface area (Å²) in [5.41, 5.74) is 0.923. The van der Waals surface area contributed by atoms with Crippen molar-refractivity contribution in [3.8, 4) is 11.5 Å². The molecule has 2 aromatic rings. The second kappa shape index (κ2) is 9.46. The van der Waals surface area contributed by atoms with Crippen LogP contribution in [0.25, 0.3) is 0 Å². The van der Waals surface area contributed by atoms with Gasteiger partial charge in [0.2, 0.25) is 0 Å². The summed E-state index contributed by atoms with van der Waals surface area (Å²) in [5.74, 6) is 1.36. The van der Waals surface area contributed by atoms with Crippen molar-refractivity contribution in [3.05, 3.63) is 59.9 Å². The van der Waals surface area contributed by atoms with Crippen LogP contribution in [0.15, 0.2) is 53.5 Å². The van der Waals surface area contributed by atoms with E-state index < -0.39 is 0 Å². The zero-order valence-corrected chi connectivity index (χ0v) is 15.6. The van der Waals surface area contributed by atoms with Crippen molar-refractivity contribution in [1.29, 1.82) is 0 Å². The van der Waals surface area contributed by atoms with Gasteiger partial charge < -0.3 is 15.4 Å². The van der Waals surface area contributed by atoms with E-state index in [1.54, 1.807) is 18.2 Å². The summed E-state index contributed by atoms with van der Waals surface area (Å²) in [6.45, 7) is 2.52. The second-order valence-corrected chi connectivity index (χ2v) is 5.37. The Morgan fingerprint density at radius 1 is 1.17 bits per heavy atom. The van der Waals surface area contributed by atoms with E-state index in [1.807, 2.05) is 24.3 Å². The molecule has 2 N–H and O–H groups in total. The van der Waals surface area contributed by atoms with Gasteiger partial charge >= 0.3 is 0 Å². The van der Waals surface area contributed by atoms with E-state index in [0.29, 0.717) is 12.3 Å². The lowest BCUT2D eigenvalue weighted by molar-refractivity contribution is 0.441. The Bertz CT molecular complexity index is 679. The van der Waals surface area contributed by atoms with E-state index in [2.05, 4.69) is 15.6 Å². The third-order valence-electron chi connectivity index (χ3n) is 3.57. The molecule has 24 heavy (non-hydrogen) atoms. The molecule has 2 aromatic carbocycles. The summed E-state index contributed by atoms with van der Waals surface area (Å²) >= 11 is 0. The van der Waals surface area contributed by atoms with E-state index in [9.17, 15) is 4.39 Å². The van der Waals surface area contributed by atoms with Gasteiger partial charge in [0.15, 0.2) is 17.5 Å². The number of rotatable bonds is 5. The van der Waals surface area contributed by atoms with Gasteiger partial charge in [0.05, 0.1) is 0 Å². The van der Waals surface area contributed by atoms with Gasteiger partial charge in [0.25, 0.3) is 0 Å². The summed E-state index contributed by atoms with van der Waals surface area (Å²) in [4.78, 5) is 4.34. The van der Waals surface area contributed by atoms with Crippen molar-refractivity contribution < 1.29 is 9.13 Å². The average molecular weight is 441 g/mol. The number of hydrogen-bond acceptors (Lipinski definition) is 4. The molecule has 0 saturated carbocycles. The SMILES string of the molecule is Fc1cc(CCNC2=NCCCN2)ccc1Oc1ccccc1.I. The number of nitrogens with zero attached hydrogens (tertiary/aromatic N) is 1. The standard InChI is InChI=1S/C18H20FN3O.HI/c19-16-13-14(9-12-22-18-20-10-4-11-21-18)7-8-17(16)23-15-5-2-1-3-6-15;/h1-3,5-8,13H,4,9-12H2,(H2,20,21,22);1H. The molecule has 0 amide bonds. The first kappa shape index (κ1) is 18.5. The van der Waals surface area contributed by atoms with Crippen molar-refractivity contribution in [3.63, 3.8) is 0 Å². The van der Waals surface area contributed by atoms with Gasteiger partial charge in [-0.1, -0.05) is 24.3 Å². The van der Waals surface area contributed by atoms with Gasteiger partial charge in [-0.05, 0) is 42.7 Å². The molecular formula is C18H21FIN3O. The van der Waals surface area contributed by atoms with E-state index in [-0.39, 0.29) is 35.5 Å². The maximum atomic E-state index is 14.1. The maximum absolute atomic E-state index is 14.1. The lowest BCUT2D eigenvalue weighted by Gasteiger charge is -2.16. The van der Waals surface area contributed by atoms with Crippen molar-refractivity contribution in [2.75, 3.05) is 19.6 Å². The smallest absolute Gasteiger partial charge is 0.191 e. The van der Waals surface area contributed by atoms with Crippen LogP contribution in [0.2, 0.25) is 0 Å². The highest BCUT2D eigenvalue weighted by atomic mass is 127. The lowest BCUT2D eigenvalue weighted by atomic mass is 10.1. The van der Waals surface area contributed by atoms with E-state index in [0.717, 1.165) is 37.5 Å². The molecule has 0 saturated heterocycles. The zero-order chi connectivity index (χ0) is 15.9. The first-order chi connectivity index (χ1) is 11.3. The van der Waals surface area contributed by atoms with Crippen LogP contribution >= 0.6 is 24.0 Å². The van der Waals surface area contributed by atoms with Crippen LogP contribution in [-0.2, 0) is 6.42 Å². The Kier molecular flexibility index (Phi) is 7.30. The normalized spacial score (nSPS) is 13.3. The molecule has 1 aliphatic heterocycles. The minimum atomic E-state index is -0.348. The lowest BCUT2D eigenvalue weighted by Crippen LogP contribution is -2.41. The van der Waals surface area contributed by atoms with Crippen LogP contribution in [0.1, 0.15) is 12.0 Å². The average Bonchev–Trinajstić information content (AvgIpc) is 2.59. The number of nitrogens with one attached hydrogen (secondary N) is 2. The summed E-state index contributed by atoms with van der Waals surface area (Å²) in [6.07, 6.45) is 1.79. The van der Waals surface area contributed by atoms with Crippen LogP contribution < -0.4 is 15.4 Å². The van der Waals surface area contributed by atoms with Crippen LogP contribution in [0.4, 0.5) is 4.39 Å². The molecule has 0 fully saturated rings. The minimum absolute atomic E-state index is 0. The molecule has 0 spiro atoms. The number of halogens is 2. The highest BCUT2D eigenvalue weighted by Gasteiger charge is 2.07. The molecule has 0 unspecified atom stereocenters. The predicted octanol–water partition coefficient (Wildman–Crippen LogP) is 3.72. The van der Waals surface area contributed by atoms with Gasteiger partial charge in [-0.2, -0.15) is 0 Å². The monoisotopic (exact) mass is 441 g/mol. The Morgan fingerprint density at radius 2 is 2.00 bits per heavy atom. The first-order valence-electron chi connectivity index (χ1n) is 7.85. The third-order valence-corrected chi connectivity index (χ3v) is 3.57. The number of aliphatic imine (C=N–C) groups is 1. The fourth-order valence-corrected chi connectivity index (χ4v) is 2.37. The summed E-state index contributed by atoms with van der Waals surface area (Å²) < 4.78 is 19.7. The largest absolute Gasteiger partial charge is 0.454 e. The molecular weight excluding hydrogens is 420 g/mol. The molecule has 6 heteroatoms. The van der Waals surface area contributed by atoms with Crippen LogP contribution in [0.5, 0.6) is 11.5 Å². The van der Waals surface area contributed by atoms with E-state index in [1.165, 1.54) is 6.07 Å². The highest BCUT2D eigenvalue weighted by Crippen LogP contribution is 2.24. The number of hydrogen-bond donors (Lipinski definition) is 2. The third kappa shape index (κ3) is 5.36. The minimum Gasteiger partial charge on any atom is -0.454 e. The molecule has 128 valence electrons. The molecule has 0 bridgehead atoms. The Labute approximate surface area is 158 Å². The first-order valence-corrected chi connectivity index (χ1v) is 7.85. The molecule has 4 nitrogen and oxygen atoms in total. The zero-order valence-electron chi connectivity index (χ0n) is 13.3. The number of para-hydroxylation sites is 1. The fourth-order valence-electron chi connectivity index (χ4n) is 2.37. The van der Waals surface area contributed by atoms with Gasteiger partial charge in [-0.25, -0.2) is 4.39 Å².